The van der Waals surface area contributed by atoms with Gasteiger partial charge < -0.3 is 4.90 Å². The molecule has 0 N–H and O–H groups in total. The number of benzene rings is 2. The van der Waals surface area contributed by atoms with Crippen molar-refractivity contribution in [2.24, 2.45) is 0 Å². The lowest BCUT2D eigenvalue weighted by molar-refractivity contribution is 0.0983. The highest BCUT2D eigenvalue weighted by Crippen LogP contribution is 2.32. The Kier molecular flexibility index (Phi) is 9.16. The van der Waals surface area contributed by atoms with Crippen molar-refractivity contribution in [2.75, 3.05) is 37.3 Å². The van der Waals surface area contributed by atoms with Crippen molar-refractivity contribution in [3.05, 3.63) is 53.1 Å². The van der Waals surface area contributed by atoms with E-state index in [9.17, 15) is 4.79 Å². The number of halogens is 1. The summed E-state index contributed by atoms with van der Waals surface area (Å²) >= 11 is 3.32. The highest BCUT2D eigenvalue weighted by Gasteiger charge is 2.23. The number of aryl methyl sites for hydroxylation is 2. The number of thiazole rings is 1. The second-order valence-electron chi connectivity index (χ2n) is 7.13. The molecule has 7 heteroatoms. The van der Waals surface area contributed by atoms with E-state index < -0.39 is 0 Å². The predicted octanol–water partition coefficient (Wildman–Crippen LogP) is 6.05. The summed E-state index contributed by atoms with van der Waals surface area (Å²) < 4.78 is 1.12. The molecule has 0 aliphatic heterocycles. The van der Waals surface area contributed by atoms with Crippen molar-refractivity contribution in [1.82, 2.24) is 9.88 Å². The molecule has 1 aromatic heterocycles. The summed E-state index contributed by atoms with van der Waals surface area (Å²) in [6.45, 7) is 11.7. The first-order valence-electron chi connectivity index (χ1n) is 10.0. The molecule has 0 aliphatic rings. The average molecular weight is 464 g/mol. The lowest BCUT2D eigenvalue weighted by Crippen LogP contribution is -2.39. The first kappa shape index (κ1) is 24.7. The van der Waals surface area contributed by atoms with E-state index in [0.29, 0.717) is 6.54 Å². The third-order valence-electron chi connectivity index (χ3n) is 5.22. The molecule has 4 nitrogen and oxygen atoms in total. The van der Waals surface area contributed by atoms with Crippen molar-refractivity contribution in [3.8, 4) is 0 Å². The van der Waals surface area contributed by atoms with Gasteiger partial charge in [-0.05, 0) is 63.0 Å². The summed E-state index contributed by atoms with van der Waals surface area (Å²) in [5, 5.41) is 0.774. The number of likely N-dealkylation sites (N-methyl/N-ethyl adjacent to an activating group) is 1. The number of hydrogen-bond acceptors (Lipinski definition) is 5. The molecule has 0 saturated heterocycles. The van der Waals surface area contributed by atoms with Gasteiger partial charge in [-0.15, -0.1) is 24.2 Å². The highest BCUT2D eigenvalue weighted by atomic mass is 35.5. The molecule has 1 heterocycles. The molecule has 0 spiro atoms. The Morgan fingerprint density at radius 3 is 2.47 bits per heavy atom. The number of fused-ring (bicyclic) bond motifs is 1. The number of anilines is 1. The van der Waals surface area contributed by atoms with Crippen LogP contribution in [0.4, 0.5) is 5.13 Å². The van der Waals surface area contributed by atoms with Crippen LogP contribution in [-0.2, 0) is 0 Å². The Balaban J connectivity index is 0.00000320. The van der Waals surface area contributed by atoms with E-state index in [1.165, 1.54) is 4.90 Å². The lowest BCUT2D eigenvalue weighted by atomic mass is 10.0. The average Bonchev–Trinajstić information content (AvgIpc) is 3.15. The number of carbonyl (C=O) groups excluding carboxylic acids is 1. The number of hydrogen-bond donors (Lipinski definition) is 0. The largest absolute Gasteiger partial charge is 0.302 e. The third-order valence-corrected chi connectivity index (χ3v) is 6.98. The summed E-state index contributed by atoms with van der Waals surface area (Å²) in [5.41, 5.74) is 3.80. The van der Waals surface area contributed by atoms with Gasteiger partial charge in [0.1, 0.15) is 0 Å². The van der Waals surface area contributed by atoms with Crippen molar-refractivity contribution in [2.45, 2.75) is 32.6 Å². The van der Waals surface area contributed by atoms with Crippen LogP contribution >= 0.6 is 35.5 Å². The molecule has 0 saturated carbocycles. The fourth-order valence-corrected chi connectivity index (χ4v) is 4.86. The molecular weight excluding hydrogens is 434 g/mol. The molecule has 3 rings (SSSR count). The fourth-order valence-electron chi connectivity index (χ4n) is 3.31. The first-order chi connectivity index (χ1) is 14.0. The Labute approximate surface area is 194 Å². The third kappa shape index (κ3) is 5.55. The molecule has 30 heavy (non-hydrogen) atoms. The number of carbonyl (C=O) groups is 1. The second kappa shape index (κ2) is 11.1. The van der Waals surface area contributed by atoms with Gasteiger partial charge in [0.25, 0.3) is 5.91 Å². The molecular formula is C23H30ClN3OS2. The van der Waals surface area contributed by atoms with Gasteiger partial charge >= 0.3 is 0 Å². The monoisotopic (exact) mass is 463 g/mol. The molecule has 0 bridgehead atoms. The quantitative estimate of drug-likeness (QED) is 0.381. The molecule has 3 aromatic rings. The molecule has 0 fully saturated rings. The van der Waals surface area contributed by atoms with Crippen LogP contribution in [0.25, 0.3) is 10.2 Å². The van der Waals surface area contributed by atoms with E-state index in [2.05, 4.69) is 37.1 Å². The fraction of sp³-hybridized carbons (Fsp3) is 0.391. The van der Waals surface area contributed by atoms with Crippen LogP contribution in [0.2, 0.25) is 0 Å². The number of thioether (sulfide) groups is 1. The smallest absolute Gasteiger partial charge is 0.260 e. The van der Waals surface area contributed by atoms with Crippen LogP contribution in [0, 0.1) is 13.8 Å². The van der Waals surface area contributed by atoms with Crippen LogP contribution in [0.3, 0.4) is 0 Å². The Bertz CT molecular complexity index is 1000. The van der Waals surface area contributed by atoms with Crippen molar-refractivity contribution in [1.29, 1.82) is 0 Å². The second-order valence-corrected chi connectivity index (χ2v) is 9.02. The van der Waals surface area contributed by atoms with E-state index in [1.54, 1.807) is 23.1 Å². The summed E-state index contributed by atoms with van der Waals surface area (Å²) in [5.74, 6) is 0.0301. The summed E-state index contributed by atoms with van der Waals surface area (Å²) in [6, 6.07) is 12.4. The molecule has 162 valence electrons. The van der Waals surface area contributed by atoms with E-state index in [0.717, 1.165) is 51.7 Å². The van der Waals surface area contributed by atoms with Crippen LogP contribution in [0.1, 0.15) is 35.3 Å². The molecule has 0 aliphatic carbocycles. The van der Waals surface area contributed by atoms with Crippen LogP contribution in [0.5, 0.6) is 0 Å². The summed E-state index contributed by atoms with van der Waals surface area (Å²) in [7, 11) is 0. The lowest BCUT2D eigenvalue weighted by Gasteiger charge is -2.25. The Hall–Kier alpha value is -1.60. The number of nitrogens with zero attached hydrogens (tertiary/aromatic N) is 3. The summed E-state index contributed by atoms with van der Waals surface area (Å²) in [6.07, 6.45) is 2.07. The van der Waals surface area contributed by atoms with Gasteiger partial charge in [0, 0.05) is 23.5 Å². The number of amides is 1. The summed E-state index contributed by atoms with van der Waals surface area (Å²) in [4.78, 5) is 23.8. The molecule has 0 atom stereocenters. The van der Waals surface area contributed by atoms with Gasteiger partial charge in [-0.1, -0.05) is 42.9 Å². The number of aromatic nitrogens is 1. The topological polar surface area (TPSA) is 36.4 Å². The van der Waals surface area contributed by atoms with Gasteiger partial charge in [-0.3, -0.25) is 9.69 Å². The zero-order valence-corrected chi connectivity index (χ0v) is 20.7. The number of rotatable bonds is 8. The minimum absolute atomic E-state index is 0. The SMILES string of the molecule is CCN(CC)CCN(C(=O)c1cc(C)ccc1C)c1nc2ccc(SC)cc2s1.Cl. The standard InChI is InChI=1S/C23H29N3OS2.ClH/c1-6-25(7-2)12-13-26(22(27)19-14-16(3)8-9-17(19)4)23-24-20-11-10-18(28-5)15-21(20)29-23;/h8-11,14-15H,6-7,12-13H2,1-5H3;1H. The van der Waals surface area contributed by atoms with Gasteiger partial charge in [-0.2, -0.15) is 0 Å². The Morgan fingerprint density at radius 1 is 1.07 bits per heavy atom. The van der Waals surface area contributed by atoms with Crippen LogP contribution in [-0.4, -0.2) is 48.2 Å². The molecule has 0 radical (unpaired) electrons. The van der Waals surface area contributed by atoms with Crippen LogP contribution in [0.15, 0.2) is 41.3 Å². The van der Waals surface area contributed by atoms with E-state index in [1.807, 2.05) is 43.0 Å². The van der Waals surface area contributed by atoms with Gasteiger partial charge in [-0.25, -0.2) is 4.98 Å². The minimum atomic E-state index is 0. The normalized spacial score (nSPS) is 11.0. The van der Waals surface area contributed by atoms with Crippen LogP contribution < -0.4 is 4.90 Å². The van der Waals surface area contributed by atoms with Gasteiger partial charge in [0.15, 0.2) is 5.13 Å². The predicted molar refractivity (Wildman–Crippen MR) is 134 cm³/mol. The van der Waals surface area contributed by atoms with E-state index >= 15 is 0 Å². The van der Waals surface area contributed by atoms with E-state index in [-0.39, 0.29) is 18.3 Å². The molecule has 1 amide bonds. The van der Waals surface area contributed by atoms with Crippen molar-refractivity contribution >= 4 is 56.8 Å². The van der Waals surface area contributed by atoms with E-state index in [4.69, 9.17) is 4.98 Å². The maximum absolute atomic E-state index is 13.6. The minimum Gasteiger partial charge on any atom is -0.302 e. The van der Waals surface area contributed by atoms with Gasteiger partial charge in [0.05, 0.1) is 10.2 Å². The van der Waals surface area contributed by atoms with Gasteiger partial charge in [0.2, 0.25) is 0 Å². The zero-order valence-electron chi connectivity index (χ0n) is 18.3. The highest BCUT2D eigenvalue weighted by molar-refractivity contribution is 7.98. The Morgan fingerprint density at radius 2 is 1.80 bits per heavy atom. The van der Waals surface area contributed by atoms with Crippen molar-refractivity contribution < 1.29 is 4.79 Å². The van der Waals surface area contributed by atoms with Crippen molar-refractivity contribution in [3.63, 3.8) is 0 Å². The zero-order chi connectivity index (χ0) is 21.0. The maximum Gasteiger partial charge on any atom is 0.260 e. The maximum atomic E-state index is 13.6. The molecule has 2 aromatic carbocycles. The molecule has 0 unspecified atom stereocenters. The first-order valence-corrected chi connectivity index (χ1v) is 12.1.